The zero-order valence-corrected chi connectivity index (χ0v) is 15.0. The lowest BCUT2D eigenvalue weighted by Crippen LogP contribution is -2.25. The van der Waals surface area contributed by atoms with Crippen LogP contribution >= 0.6 is 0 Å². The summed E-state index contributed by atoms with van der Waals surface area (Å²) in [5, 5.41) is 2.64. The lowest BCUT2D eigenvalue weighted by Gasteiger charge is -2.17. The summed E-state index contributed by atoms with van der Waals surface area (Å²) in [5.41, 5.74) is 1.48. The van der Waals surface area contributed by atoms with Gasteiger partial charge in [0, 0.05) is 30.2 Å². The first kappa shape index (κ1) is 18.0. The number of rotatable bonds is 5. The van der Waals surface area contributed by atoms with Crippen molar-refractivity contribution in [2.45, 2.75) is 13.3 Å². The van der Waals surface area contributed by atoms with E-state index in [9.17, 15) is 18.0 Å². The number of hydrogen-bond acceptors (Lipinski definition) is 5. The van der Waals surface area contributed by atoms with Crippen LogP contribution in [0.15, 0.2) is 41.3 Å². The van der Waals surface area contributed by atoms with E-state index in [2.05, 4.69) is 10.3 Å². The Morgan fingerprint density at radius 3 is 2.65 bits per heavy atom. The molecule has 9 heteroatoms. The van der Waals surface area contributed by atoms with E-state index in [1.807, 2.05) is 0 Å². The van der Waals surface area contributed by atoms with Crippen LogP contribution in [0.1, 0.15) is 12.1 Å². The molecule has 1 aromatic heterocycles. The summed E-state index contributed by atoms with van der Waals surface area (Å²) >= 11 is 0. The van der Waals surface area contributed by atoms with Gasteiger partial charge in [0.1, 0.15) is 0 Å². The number of carbonyl (C=O) groups excluding carboxylic acids is 1. The van der Waals surface area contributed by atoms with Crippen LogP contribution in [0.2, 0.25) is 0 Å². The second-order valence-corrected chi connectivity index (χ2v) is 7.98. The summed E-state index contributed by atoms with van der Waals surface area (Å²) in [4.78, 5) is 26.5. The predicted molar refractivity (Wildman–Crippen MR) is 98.1 cm³/mol. The monoisotopic (exact) mass is 377 g/mol. The molecule has 2 heterocycles. The molecule has 0 atom stereocenters. The quantitative estimate of drug-likeness (QED) is 0.815. The average Bonchev–Trinajstić information content (AvgIpc) is 2.94. The van der Waals surface area contributed by atoms with E-state index in [4.69, 9.17) is 4.74 Å². The van der Waals surface area contributed by atoms with E-state index < -0.39 is 15.9 Å². The normalized spacial score (nSPS) is 15.7. The van der Waals surface area contributed by atoms with Crippen molar-refractivity contribution in [1.29, 1.82) is 0 Å². The van der Waals surface area contributed by atoms with Gasteiger partial charge in [0.2, 0.25) is 15.5 Å². The van der Waals surface area contributed by atoms with Crippen molar-refractivity contribution >= 4 is 27.3 Å². The van der Waals surface area contributed by atoms with Crippen molar-refractivity contribution in [3.05, 3.63) is 52.4 Å². The molecule has 1 amide bonds. The predicted octanol–water partition coefficient (Wildman–Crippen LogP) is 1.24. The van der Waals surface area contributed by atoms with Gasteiger partial charge in [0.25, 0.3) is 5.91 Å². The maximum atomic E-state index is 12.0. The highest BCUT2D eigenvalue weighted by molar-refractivity contribution is 7.93. The number of ether oxygens (including phenoxy) is 1. The summed E-state index contributed by atoms with van der Waals surface area (Å²) in [6, 6.07) is 7.92. The van der Waals surface area contributed by atoms with E-state index in [-0.39, 0.29) is 23.5 Å². The summed E-state index contributed by atoms with van der Waals surface area (Å²) < 4.78 is 30.4. The van der Waals surface area contributed by atoms with Gasteiger partial charge in [-0.15, -0.1) is 0 Å². The molecule has 2 N–H and O–H groups in total. The number of carbonyl (C=O) groups is 1. The summed E-state index contributed by atoms with van der Waals surface area (Å²) in [6.07, 6.45) is 2.02. The van der Waals surface area contributed by atoms with Crippen LogP contribution in [0.25, 0.3) is 0 Å². The zero-order chi connectivity index (χ0) is 18.7. The molecular formula is C17H19N3O5S. The highest BCUT2D eigenvalue weighted by Gasteiger charge is 2.28. The Labute approximate surface area is 150 Å². The van der Waals surface area contributed by atoms with Crippen molar-refractivity contribution in [2.75, 3.05) is 28.5 Å². The number of pyridine rings is 1. The number of aromatic nitrogens is 1. The maximum Gasteiger partial charge on any atom is 0.262 e. The fourth-order valence-corrected chi connectivity index (χ4v) is 4.22. The summed E-state index contributed by atoms with van der Waals surface area (Å²) in [7, 11) is -3.23. The van der Waals surface area contributed by atoms with Gasteiger partial charge in [-0.2, -0.15) is 0 Å². The van der Waals surface area contributed by atoms with Gasteiger partial charge in [-0.1, -0.05) is 0 Å². The largest absolute Gasteiger partial charge is 0.478 e. The lowest BCUT2D eigenvalue weighted by atomic mass is 10.2. The molecule has 138 valence electrons. The lowest BCUT2D eigenvalue weighted by molar-refractivity contribution is -0.118. The Bertz CT molecular complexity index is 967. The van der Waals surface area contributed by atoms with Crippen LogP contribution in [0.4, 0.5) is 11.4 Å². The smallest absolute Gasteiger partial charge is 0.262 e. The van der Waals surface area contributed by atoms with Crippen molar-refractivity contribution in [1.82, 2.24) is 4.98 Å². The molecule has 0 saturated carbocycles. The van der Waals surface area contributed by atoms with Gasteiger partial charge in [-0.25, -0.2) is 8.42 Å². The molecule has 0 bridgehead atoms. The Hall–Kier alpha value is -2.81. The highest BCUT2D eigenvalue weighted by Crippen LogP contribution is 2.25. The Morgan fingerprint density at radius 1 is 1.31 bits per heavy atom. The minimum Gasteiger partial charge on any atom is -0.478 e. The van der Waals surface area contributed by atoms with Gasteiger partial charge in [-0.05, 0) is 37.6 Å². The standard InChI is InChI=1S/C17H19N3O5S/c1-12-9-15(21)16(10-18-12)25-11-17(22)19-13-3-5-14(6-4-13)20-7-2-8-26(20,23)24/h3-6,9-10H,2,7-8,11H2,1H3,(H,18,21)(H,19,22). The minimum absolute atomic E-state index is 0.0698. The van der Waals surface area contributed by atoms with E-state index in [0.29, 0.717) is 30.0 Å². The number of nitrogens with one attached hydrogen (secondary N) is 2. The first-order valence-electron chi connectivity index (χ1n) is 8.08. The first-order chi connectivity index (χ1) is 12.3. The van der Waals surface area contributed by atoms with Crippen molar-refractivity contribution in [3.8, 4) is 5.75 Å². The Kier molecular flexibility index (Phi) is 4.99. The molecule has 1 saturated heterocycles. The van der Waals surface area contributed by atoms with Gasteiger partial charge in [0.15, 0.2) is 12.4 Å². The second-order valence-electron chi connectivity index (χ2n) is 5.97. The van der Waals surface area contributed by atoms with Crippen molar-refractivity contribution < 1.29 is 17.9 Å². The number of hydrogen-bond donors (Lipinski definition) is 2. The number of benzene rings is 1. The van der Waals surface area contributed by atoms with Crippen LogP contribution in [0.3, 0.4) is 0 Å². The Balaban J connectivity index is 1.58. The molecule has 3 rings (SSSR count). The molecule has 1 aromatic carbocycles. The zero-order valence-electron chi connectivity index (χ0n) is 14.2. The van der Waals surface area contributed by atoms with Crippen LogP contribution in [-0.4, -0.2) is 38.2 Å². The molecule has 2 aromatic rings. The fraction of sp³-hybridized carbons (Fsp3) is 0.294. The molecular weight excluding hydrogens is 358 g/mol. The molecule has 0 unspecified atom stereocenters. The average molecular weight is 377 g/mol. The van der Waals surface area contributed by atoms with Crippen molar-refractivity contribution in [2.24, 2.45) is 0 Å². The number of amides is 1. The third-order valence-corrected chi connectivity index (χ3v) is 5.79. The molecule has 26 heavy (non-hydrogen) atoms. The van der Waals surface area contributed by atoms with Crippen molar-refractivity contribution in [3.63, 3.8) is 0 Å². The number of anilines is 2. The Morgan fingerprint density at radius 2 is 2.04 bits per heavy atom. The van der Waals surface area contributed by atoms with E-state index >= 15 is 0 Å². The fourth-order valence-electron chi connectivity index (χ4n) is 2.65. The minimum atomic E-state index is -3.23. The molecule has 0 spiro atoms. The van der Waals surface area contributed by atoms with Gasteiger partial charge < -0.3 is 15.0 Å². The van der Waals surface area contributed by atoms with E-state index in [0.717, 1.165) is 0 Å². The van der Waals surface area contributed by atoms with Gasteiger partial charge >= 0.3 is 0 Å². The van der Waals surface area contributed by atoms with Gasteiger partial charge in [-0.3, -0.25) is 13.9 Å². The van der Waals surface area contributed by atoms with E-state index in [1.54, 1.807) is 31.2 Å². The SMILES string of the molecule is Cc1cc(=O)c(OCC(=O)Nc2ccc(N3CCCS3(=O)=O)cc2)c[nH]1. The molecule has 1 fully saturated rings. The van der Waals surface area contributed by atoms with Crippen LogP contribution in [0.5, 0.6) is 5.75 Å². The highest BCUT2D eigenvalue weighted by atomic mass is 32.2. The number of aromatic amines is 1. The topological polar surface area (TPSA) is 109 Å². The van der Waals surface area contributed by atoms with Crippen LogP contribution < -0.4 is 19.8 Å². The van der Waals surface area contributed by atoms with E-state index in [1.165, 1.54) is 16.6 Å². The molecule has 1 aliphatic rings. The molecule has 1 aliphatic heterocycles. The third-order valence-electron chi connectivity index (χ3n) is 3.92. The van der Waals surface area contributed by atoms with Crippen LogP contribution in [0, 0.1) is 6.92 Å². The molecule has 0 radical (unpaired) electrons. The maximum absolute atomic E-state index is 12.0. The van der Waals surface area contributed by atoms with Gasteiger partial charge in [0.05, 0.1) is 11.4 Å². The third kappa shape index (κ3) is 4.05. The van der Waals surface area contributed by atoms with Crippen LogP contribution in [-0.2, 0) is 14.8 Å². The molecule has 0 aliphatic carbocycles. The summed E-state index contributed by atoms with van der Waals surface area (Å²) in [6.45, 7) is 1.90. The number of aryl methyl sites for hydroxylation is 1. The number of nitrogens with zero attached hydrogens (tertiary/aromatic N) is 1. The number of sulfonamides is 1. The second kappa shape index (κ2) is 7.20. The number of H-pyrrole nitrogens is 1. The molecule has 8 nitrogen and oxygen atoms in total. The summed E-state index contributed by atoms with van der Waals surface area (Å²) in [5.74, 6) is -0.201. The first-order valence-corrected chi connectivity index (χ1v) is 9.68.